The minimum absolute atomic E-state index is 0.285. The Labute approximate surface area is 151 Å². The molecule has 1 aliphatic heterocycles. The lowest BCUT2D eigenvalue weighted by atomic mass is 9.99. The summed E-state index contributed by atoms with van der Waals surface area (Å²) in [5, 5.41) is 9.01. The number of carboxylic acids is 1. The Kier molecular flexibility index (Phi) is 4.09. The van der Waals surface area contributed by atoms with E-state index in [1.165, 1.54) is 5.56 Å². The molecule has 1 aromatic heterocycles. The molecule has 2 N–H and O–H groups in total. The summed E-state index contributed by atoms with van der Waals surface area (Å²) in [5.41, 5.74) is 6.73. The van der Waals surface area contributed by atoms with E-state index in [0.717, 1.165) is 40.3 Å². The van der Waals surface area contributed by atoms with Crippen molar-refractivity contribution in [3.63, 3.8) is 0 Å². The number of carbonyl (C=O) groups is 1. The lowest BCUT2D eigenvalue weighted by Crippen LogP contribution is -2.08. The number of aromatic carboxylic acids is 1. The molecule has 1 aliphatic rings. The van der Waals surface area contributed by atoms with E-state index in [-0.39, 0.29) is 5.56 Å². The second-order valence-electron chi connectivity index (χ2n) is 6.31. The molecule has 0 radical (unpaired) electrons. The molecule has 0 saturated carbocycles. The van der Waals surface area contributed by atoms with Crippen molar-refractivity contribution in [2.45, 2.75) is 13.3 Å². The number of carboxylic acid groups (broad SMARTS) is 1. The van der Waals surface area contributed by atoms with Gasteiger partial charge >= 0.3 is 5.97 Å². The number of benzene rings is 2. The number of nitrogens with one attached hydrogen (secondary N) is 1. The summed E-state index contributed by atoms with van der Waals surface area (Å²) in [7, 11) is 0. The van der Waals surface area contributed by atoms with Crippen molar-refractivity contribution >= 4 is 17.6 Å². The molecule has 2 aromatic carbocycles. The topological polar surface area (TPSA) is 62.3 Å². The number of hydrogen-bond acceptors (Lipinski definition) is 2. The average molecular weight is 345 g/mol. The van der Waals surface area contributed by atoms with Crippen LogP contribution in [0.2, 0.25) is 0 Å². The molecule has 3 aromatic rings. The van der Waals surface area contributed by atoms with Crippen molar-refractivity contribution in [2.75, 3.05) is 6.61 Å². The van der Waals surface area contributed by atoms with Gasteiger partial charge in [0.2, 0.25) is 0 Å². The van der Waals surface area contributed by atoms with E-state index in [9.17, 15) is 4.79 Å². The molecule has 0 fully saturated rings. The van der Waals surface area contributed by atoms with Gasteiger partial charge in [0.15, 0.2) is 0 Å². The molecule has 0 aliphatic carbocycles. The summed E-state index contributed by atoms with van der Waals surface area (Å²) >= 11 is 0. The van der Waals surface area contributed by atoms with Crippen LogP contribution in [0.4, 0.5) is 0 Å². The van der Waals surface area contributed by atoms with E-state index in [2.05, 4.69) is 24.1 Å². The normalized spacial score (nSPS) is 12.9. The molecular formula is C22H19NO3. The predicted octanol–water partition coefficient (Wildman–Crippen LogP) is 4.88. The van der Waals surface area contributed by atoms with Crippen LogP contribution in [0.5, 0.6) is 5.75 Å². The van der Waals surface area contributed by atoms with Crippen LogP contribution >= 0.6 is 0 Å². The highest BCUT2D eigenvalue weighted by Crippen LogP contribution is 2.33. The maximum atomic E-state index is 11.0. The number of rotatable bonds is 4. The lowest BCUT2D eigenvalue weighted by molar-refractivity contribution is 0.0697. The van der Waals surface area contributed by atoms with E-state index in [1.807, 2.05) is 36.4 Å². The van der Waals surface area contributed by atoms with Gasteiger partial charge in [0.05, 0.1) is 5.56 Å². The van der Waals surface area contributed by atoms with Crippen molar-refractivity contribution in [1.29, 1.82) is 0 Å². The Bertz CT molecular complexity index is 996. The smallest absolute Gasteiger partial charge is 0.335 e. The Morgan fingerprint density at radius 1 is 1.08 bits per heavy atom. The molecule has 130 valence electrons. The Morgan fingerprint density at radius 3 is 2.58 bits per heavy atom. The molecule has 0 spiro atoms. The van der Waals surface area contributed by atoms with Crippen molar-refractivity contribution in [2.24, 2.45) is 0 Å². The second-order valence-corrected chi connectivity index (χ2v) is 6.31. The first-order chi connectivity index (χ1) is 12.7. The number of H-pyrrole nitrogens is 1. The minimum Gasteiger partial charge on any atom is -0.488 e. The van der Waals surface area contributed by atoms with Crippen LogP contribution in [0, 0.1) is 0 Å². The van der Waals surface area contributed by atoms with Crippen LogP contribution < -0.4 is 4.74 Å². The summed E-state index contributed by atoms with van der Waals surface area (Å²) in [4.78, 5) is 14.4. The summed E-state index contributed by atoms with van der Waals surface area (Å²) in [6, 6.07) is 17.1. The van der Waals surface area contributed by atoms with E-state index in [1.54, 1.807) is 12.1 Å². The largest absolute Gasteiger partial charge is 0.488 e. The van der Waals surface area contributed by atoms with E-state index >= 15 is 0 Å². The highest BCUT2D eigenvalue weighted by molar-refractivity contribution is 5.89. The maximum absolute atomic E-state index is 11.0. The van der Waals surface area contributed by atoms with Gasteiger partial charge in [0.1, 0.15) is 12.4 Å². The summed E-state index contributed by atoms with van der Waals surface area (Å²) < 4.78 is 5.94. The number of ether oxygens (including phenoxy) is 1. The zero-order chi connectivity index (χ0) is 18.1. The third kappa shape index (κ3) is 2.90. The first-order valence-electron chi connectivity index (χ1n) is 8.64. The molecular weight excluding hydrogens is 326 g/mol. The summed E-state index contributed by atoms with van der Waals surface area (Å²) in [5.74, 6) is 0.0165. The predicted molar refractivity (Wildman–Crippen MR) is 102 cm³/mol. The SMILES string of the molecule is CCc1cccc2c1C=C(c1ccc(-c3ccc(C(=O)O)cc3)[nH]1)CO2. The first-order valence-corrected chi connectivity index (χ1v) is 8.64. The van der Waals surface area contributed by atoms with Crippen molar-refractivity contribution < 1.29 is 14.6 Å². The summed E-state index contributed by atoms with van der Waals surface area (Å²) in [6.07, 6.45) is 3.16. The summed E-state index contributed by atoms with van der Waals surface area (Å²) in [6.45, 7) is 2.67. The van der Waals surface area contributed by atoms with Crippen LogP contribution in [-0.2, 0) is 6.42 Å². The maximum Gasteiger partial charge on any atom is 0.335 e. The molecule has 4 heteroatoms. The molecule has 0 saturated heterocycles. The van der Waals surface area contributed by atoms with Crippen molar-refractivity contribution in [3.05, 3.63) is 77.0 Å². The number of hydrogen-bond donors (Lipinski definition) is 2. The molecule has 0 amide bonds. The fraction of sp³-hybridized carbons (Fsp3) is 0.136. The van der Waals surface area contributed by atoms with Crippen LogP contribution in [-0.4, -0.2) is 22.7 Å². The van der Waals surface area contributed by atoms with Gasteiger partial charge in [0.25, 0.3) is 0 Å². The zero-order valence-electron chi connectivity index (χ0n) is 14.5. The zero-order valence-corrected chi connectivity index (χ0v) is 14.5. The Balaban J connectivity index is 1.66. The average Bonchev–Trinajstić information content (AvgIpc) is 3.17. The second kappa shape index (κ2) is 6.56. The third-order valence-corrected chi connectivity index (χ3v) is 4.71. The van der Waals surface area contributed by atoms with Gasteiger partial charge < -0.3 is 14.8 Å². The van der Waals surface area contributed by atoms with Gasteiger partial charge in [-0.15, -0.1) is 0 Å². The van der Waals surface area contributed by atoms with Gasteiger partial charge in [-0.05, 0) is 54.0 Å². The number of aromatic amines is 1. The van der Waals surface area contributed by atoms with Crippen LogP contribution in [0.1, 0.15) is 34.1 Å². The lowest BCUT2D eigenvalue weighted by Gasteiger charge is -2.19. The van der Waals surface area contributed by atoms with Crippen LogP contribution in [0.3, 0.4) is 0 Å². The minimum atomic E-state index is -0.918. The monoisotopic (exact) mass is 345 g/mol. The fourth-order valence-corrected chi connectivity index (χ4v) is 3.26. The van der Waals surface area contributed by atoms with Gasteiger partial charge in [-0.3, -0.25) is 0 Å². The molecule has 0 atom stereocenters. The third-order valence-electron chi connectivity index (χ3n) is 4.71. The molecule has 0 bridgehead atoms. The van der Waals surface area contributed by atoms with Crippen LogP contribution in [0.25, 0.3) is 22.9 Å². The van der Waals surface area contributed by atoms with Gasteiger partial charge in [0, 0.05) is 22.5 Å². The highest BCUT2D eigenvalue weighted by Gasteiger charge is 2.16. The van der Waals surface area contributed by atoms with E-state index < -0.39 is 5.97 Å². The molecule has 4 nitrogen and oxygen atoms in total. The molecule has 2 heterocycles. The number of fused-ring (bicyclic) bond motifs is 1. The van der Waals surface area contributed by atoms with Crippen molar-refractivity contribution in [3.8, 4) is 17.0 Å². The number of aromatic nitrogens is 1. The Morgan fingerprint density at radius 2 is 1.85 bits per heavy atom. The Hall–Kier alpha value is -3.27. The highest BCUT2D eigenvalue weighted by atomic mass is 16.5. The first kappa shape index (κ1) is 16.2. The van der Waals surface area contributed by atoms with Crippen LogP contribution in [0.15, 0.2) is 54.6 Å². The van der Waals surface area contributed by atoms with Crippen molar-refractivity contribution in [1.82, 2.24) is 4.98 Å². The molecule has 0 unspecified atom stereocenters. The number of aryl methyl sites for hydroxylation is 1. The van der Waals surface area contributed by atoms with Gasteiger partial charge in [-0.1, -0.05) is 31.2 Å². The standard InChI is InChI=1S/C22H19NO3/c1-2-14-4-3-5-21-18(14)12-17(13-26-21)20-11-10-19(23-20)15-6-8-16(9-7-15)22(24)25/h3-12,23H,2,13H2,1H3,(H,24,25). The fourth-order valence-electron chi connectivity index (χ4n) is 3.26. The molecule has 4 rings (SSSR count). The van der Waals surface area contributed by atoms with E-state index in [4.69, 9.17) is 9.84 Å². The van der Waals surface area contributed by atoms with Gasteiger partial charge in [-0.25, -0.2) is 4.79 Å². The quantitative estimate of drug-likeness (QED) is 0.709. The van der Waals surface area contributed by atoms with E-state index in [0.29, 0.717) is 6.61 Å². The molecule has 26 heavy (non-hydrogen) atoms. The van der Waals surface area contributed by atoms with Gasteiger partial charge in [-0.2, -0.15) is 0 Å².